The Morgan fingerprint density at radius 2 is 1.78 bits per heavy atom. The summed E-state index contributed by atoms with van der Waals surface area (Å²) in [7, 11) is 0. The van der Waals surface area contributed by atoms with Gasteiger partial charge in [-0.15, -0.1) is 0 Å². The minimum atomic E-state index is 0.165. The Hall–Kier alpha value is -2.13. The van der Waals surface area contributed by atoms with Crippen molar-refractivity contribution in [3.8, 4) is 0 Å². The second kappa shape index (κ2) is 5.82. The molecule has 1 saturated carbocycles. The van der Waals surface area contributed by atoms with Crippen molar-refractivity contribution < 1.29 is 4.79 Å². The zero-order chi connectivity index (χ0) is 15.8. The van der Waals surface area contributed by atoms with Crippen LogP contribution in [0.3, 0.4) is 0 Å². The van der Waals surface area contributed by atoms with Gasteiger partial charge in [0.1, 0.15) is 0 Å². The Bertz CT molecular complexity index is 719. The van der Waals surface area contributed by atoms with Crippen molar-refractivity contribution in [1.29, 1.82) is 0 Å². The fourth-order valence-electron chi connectivity index (χ4n) is 3.67. The lowest BCUT2D eigenvalue weighted by molar-refractivity contribution is 0.0658. The molecule has 0 saturated heterocycles. The molecule has 0 radical (unpaired) electrons. The Kier molecular flexibility index (Phi) is 3.66. The second-order valence-electron chi connectivity index (χ2n) is 6.60. The molecule has 2 aromatic rings. The molecule has 4 rings (SSSR count). The Balaban J connectivity index is 1.65. The number of nitrogens with zero attached hydrogens (tertiary/aromatic N) is 1. The third-order valence-electron chi connectivity index (χ3n) is 5.05. The lowest BCUT2D eigenvalue weighted by atomic mass is 10.0. The largest absolute Gasteiger partial charge is 0.329 e. The predicted molar refractivity (Wildman–Crippen MR) is 91.0 cm³/mol. The molecule has 1 amide bonds. The number of hydrogen-bond donors (Lipinski definition) is 1. The molecule has 1 atom stereocenters. The molecule has 0 spiro atoms. The minimum Gasteiger partial charge on any atom is -0.329 e. The van der Waals surface area contributed by atoms with Gasteiger partial charge in [0, 0.05) is 18.2 Å². The molecule has 23 heavy (non-hydrogen) atoms. The van der Waals surface area contributed by atoms with Crippen LogP contribution >= 0.6 is 0 Å². The number of fused-ring (bicyclic) bond motifs is 1. The van der Waals surface area contributed by atoms with Crippen LogP contribution in [0.4, 0.5) is 0 Å². The first-order valence-corrected chi connectivity index (χ1v) is 8.47. The highest BCUT2D eigenvalue weighted by Gasteiger charge is 2.40. The third kappa shape index (κ3) is 2.66. The van der Waals surface area contributed by atoms with Gasteiger partial charge in [0.15, 0.2) is 0 Å². The zero-order valence-electron chi connectivity index (χ0n) is 13.2. The minimum absolute atomic E-state index is 0.165. The number of amides is 1. The van der Waals surface area contributed by atoms with E-state index in [0.29, 0.717) is 12.6 Å². The van der Waals surface area contributed by atoms with Gasteiger partial charge in [-0.1, -0.05) is 36.4 Å². The molecular formula is C20H22N2O. The number of rotatable bonds is 4. The molecule has 1 unspecified atom stereocenters. The molecule has 2 aliphatic rings. The third-order valence-corrected chi connectivity index (χ3v) is 5.05. The van der Waals surface area contributed by atoms with Gasteiger partial charge in [-0.3, -0.25) is 4.79 Å². The van der Waals surface area contributed by atoms with E-state index in [1.165, 1.54) is 11.1 Å². The summed E-state index contributed by atoms with van der Waals surface area (Å²) in [4.78, 5) is 15.3. The van der Waals surface area contributed by atoms with E-state index < -0.39 is 0 Å². The van der Waals surface area contributed by atoms with Gasteiger partial charge in [0.25, 0.3) is 5.91 Å². The van der Waals surface area contributed by atoms with E-state index in [-0.39, 0.29) is 11.9 Å². The summed E-state index contributed by atoms with van der Waals surface area (Å²) in [6.07, 6.45) is 4.38. The molecule has 3 nitrogen and oxygen atoms in total. The first kappa shape index (κ1) is 14.5. The summed E-state index contributed by atoms with van der Waals surface area (Å²) < 4.78 is 0. The maximum atomic E-state index is 13.1. The molecule has 0 aromatic heterocycles. The van der Waals surface area contributed by atoms with E-state index in [2.05, 4.69) is 29.2 Å². The molecule has 0 heterocycles. The molecule has 2 N–H and O–H groups in total. The van der Waals surface area contributed by atoms with Gasteiger partial charge >= 0.3 is 0 Å². The highest BCUT2D eigenvalue weighted by molar-refractivity contribution is 5.95. The first-order chi connectivity index (χ1) is 11.3. The monoisotopic (exact) mass is 306 g/mol. The van der Waals surface area contributed by atoms with Gasteiger partial charge in [0.05, 0.1) is 6.04 Å². The second-order valence-corrected chi connectivity index (χ2v) is 6.60. The molecule has 2 aliphatic carbocycles. The maximum Gasteiger partial charge on any atom is 0.254 e. The van der Waals surface area contributed by atoms with Crippen molar-refractivity contribution in [2.24, 2.45) is 5.73 Å². The molecule has 3 heteroatoms. The van der Waals surface area contributed by atoms with Gasteiger partial charge in [-0.25, -0.2) is 0 Å². The fourth-order valence-corrected chi connectivity index (χ4v) is 3.67. The molecular weight excluding hydrogens is 284 g/mol. The van der Waals surface area contributed by atoms with Crippen LogP contribution in [0.15, 0.2) is 48.5 Å². The van der Waals surface area contributed by atoms with Crippen molar-refractivity contribution in [1.82, 2.24) is 4.90 Å². The van der Waals surface area contributed by atoms with E-state index in [1.54, 1.807) is 0 Å². The maximum absolute atomic E-state index is 13.1. The van der Waals surface area contributed by atoms with Gasteiger partial charge in [-0.05, 0) is 54.5 Å². The predicted octanol–water partition coefficient (Wildman–Crippen LogP) is 3.44. The SMILES string of the molecule is NCc1ccc(C(=O)N(C2CC2)C2CCc3ccccc32)cc1. The summed E-state index contributed by atoms with van der Waals surface area (Å²) in [5.74, 6) is 0.165. The molecule has 1 fully saturated rings. The first-order valence-electron chi connectivity index (χ1n) is 8.47. The van der Waals surface area contributed by atoms with E-state index in [0.717, 1.165) is 36.8 Å². The average Bonchev–Trinajstić information content (AvgIpc) is 3.35. The summed E-state index contributed by atoms with van der Waals surface area (Å²) in [5.41, 5.74) is 10.2. The number of carbonyl (C=O) groups excluding carboxylic acids is 1. The molecule has 2 aromatic carbocycles. The van der Waals surface area contributed by atoms with Crippen molar-refractivity contribution in [2.45, 2.75) is 44.3 Å². The molecule has 0 bridgehead atoms. The Labute approximate surface area is 137 Å². The van der Waals surface area contributed by atoms with Gasteiger partial charge in [-0.2, -0.15) is 0 Å². The number of hydrogen-bond acceptors (Lipinski definition) is 2. The Morgan fingerprint density at radius 1 is 1.04 bits per heavy atom. The molecule has 0 aliphatic heterocycles. The van der Waals surface area contributed by atoms with Crippen molar-refractivity contribution >= 4 is 5.91 Å². The van der Waals surface area contributed by atoms with Crippen molar-refractivity contribution in [3.63, 3.8) is 0 Å². The van der Waals surface area contributed by atoms with E-state index in [4.69, 9.17) is 5.73 Å². The quantitative estimate of drug-likeness (QED) is 0.940. The summed E-state index contributed by atoms with van der Waals surface area (Å²) in [5, 5.41) is 0. The van der Waals surface area contributed by atoms with Crippen LogP contribution in [0.5, 0.6) is 0 Å². The van der Waals surface area contributed by atoms with Crippen LogP contribution in [0.25, 0.3) is 0 Å². The van der Waals surface area contributed by atoms with E-state index in [9.17, 15) is 4.79 Å². The topological polar surface area (TPSA) is 46.3 Å². The Morgan fingerprint density at radius 3 is 2.48 bits per heavy atom. The normalized spacial score (nSPS) is 19.4. The lowest BCUT2D eigenvalue weighted by Gasteiger charge is -2.30. The highest BCUT2D eigenvalue weighted by atomic mass is 16.2. The van der Waals surface area contributed by atoms with Crippen LogP contribution in [0.1, 0.15) is 52.4 Å². The standard InChI is InChI=1S/C20H22N2O/c21-13-14-5-7-16(8-6-14)20(23)22(17-10-11-17)19-12-9-15-3-1-2-4-18(15)19/h1-8,17,19H,9-13,21H2. The number of aryl methyl sites for hydroxylation is 1. The highest BCUT2D eigenvalue weighted by Crippen LogP contribution is 2.42. The van der Waals surface area contributed by atoms with Crippen molar-refractivity contribution in [3.05, 3.63) is 70.8 Å². The lowest BCUT2D eigenvalue weighted by Crippen LogP contribution is -2.36. The summed E-state index contributed by atoms with van der Waals surface area (Å²) in [6, 6.07) is 17.0. The summed E-state index contributed by atoms with van der Waals surface area (Å²) in [6.45, 7) is 0.511. The van der Waals surface area contributed by atoms with Crippen LogP contribution < -0.4 is 5.73 Å². The zero-order valence-corrected chi connectivity index (χ0v) is 13.2. The number of carbonyl (C=O) groups is 1. The number of benzene rings is 2. The van der Waals surface area contributed by atoms with Crippen LogP contribution in [0.2, 0.25) is 0 Å². The van der Waals surface area contributed by atoms with Gasteiger partial charge < -0.3 is 10.6 Å². The van der Waals surface area contributed by atoms with Crippen LogP contribution in [-0.4, -0.2) is 16.8 Å². The molecule has 118 valence electrons. The summed E-state index contributed by atoms with van der Waals surface area (Å²) >= 11 is 0. The van der Waals surface area contributed by atoms with E-state index in [1.807, 2.05) is 24.3 Å². The fraction of sp³-hybridized carbons (Fsp3) is 0.350. The van der Waals surface area contributed by atoms with Crippen LogP contribution in [0, 0.1) is 0 Å². The average molecular weight is 306 g/mol. The van der Waals surface area contributed by atoms with Gasteiger partial charge in [0.2, 0.25) is 0 Å². The van der Waals surface area contributed by atoms with E-state index >= 15 is 0 Å². The number of nitrogens with two attached hydrogens (primary N) is 1. The smallest absolute Gasteiger partial charge is 0.254 e. The van der Waals surface area contributed by atoms with Crippen molar-refractivity contribution in [2.75, 3.05) is 0 Å². The van der Waals surface area contributed by atoms with Crippen LogP contribution in [-0.2, 0) is 13.0 Å².